The highest BCUT2D eigenvalue weighted by molar-refractivity contribution is 6.05. The van der Waals surface area contributed by atoms with E-state index in [-0.39, 0.29) is 11.8 Å². The lowest BCUT2D eigenvalue weighted by atomic mass is 10.1. The van der Waals surface area contributed by atoms with Gasteiger partial charge in [0.05, 0.1) is 17.3 Å². The molecule has 6 heteroatoms. The Bertz CT molecular complexity index is 773. The number of aromatic nitrogens is 2. The summed E-state index contributed by atoms with van der Waals surface area (Å²) < 4.78 is 0. The van der Waals surface area contributed by atoms with Gasteiger partial charge in [-0.05, 0) is 37.0 Å². The van der Waals surface area contributed by atoms with E-state index in [1.165, 1.54) is 0 Å². The quantitative estimate of drug-likeness (QED) is 0.928. The molecule has 6 nitrogen and oxygen atoms in total. The minimum Gasteiger partial charge on any atom is -0.339 e. The molecule has 0 aliphatic carbocycles. The Balaban J connectivity index is 1.65. The van der Waals surface area contributed by atoms with Crippen LogP contribution in [0.1, 0.15) is 42.6 Å². The molecule has 1 N–H and O–H groups in total. The predicted molar refractivity (Wildman–Crippen MR) is 97.4 cm³/mol. The number of piperazine rings is 1. The summed E-state index contributed by atoms with van der Waals surface area (Å²) in [6.45, 7) is 8.62. The van der Waals surface area contributed by atoms with Crippen LogP contribution in [0, 0.1) is 12.8 Å². The zero-order valence-corrected chi connectivity index (χ0v) is 15.2. The van der Waals surface area contributed by atoms with Gasteiger partial charge in [0, 0.05) is 38.0 Å². The molecule has 25 heavy (non-hydrogen) atoms. The number of nitrogens with zero attached hydrogens (tertiary/aromatic N) is 3. The standard InChI is InChI=1S/C19H26N4O2/c1-13(2)4-5-17(24)22-6-8-23(9-7-22)19(25)16-11-14(3)10-15-12-20-21-18(15)16/h10-13H,4-9H2,1-3H3,(H,20,21). The first-order valence-corrected chi connectivity index (χ1v) is 8.96. The lowest BCUT2D eigenvalue weighted by molar-refractivity contribution is -0.132. The molecule has 1 aliphatic heterocycles. The average Bonchev–Trinajstić information content (AvgIpc) is 3.06. The molecule has 0 saturated carbocycles. The second-order valence-electron chi connectivity index (χ2n) is 7.25. The van der Waals surface area contributed by atoms with E-state index in [9.17, 15) is 9.59 Å². The van der Waals surface area contributed by atoms with Gasteiger partial charge in [0.1, 0.15) is 0 Å². The number of aromatic amines is 1. The molecule has 2 amide bonds. The van der Waals surface area contributed by atoms with Gasteiger partial charge in [-0.15, -0.1) is 0 Å². The summed E-state index contributed by atoms with van der Waals surface area (Å²) in [5.74, 6) is 0.740. The van der Waals surface area contributed by atoms with Crippen molar-refractivity contribution in [1.29, 1.82) is 0 Å². The molecule has 0 bridgehead atoms. The predicted octanol–water partition coefficient (Wildman–Crippen LogP) is 2.59. The maximum absolute atomic E-state index is 12.9. The van der Waals surface area contributed by atoms with Gasteiger partial charge in [-0.1, -0.05) is 13.8 Å². The van der Waals surface area contributed by atoms with Crippen LogP contribution >= 0.6 is 0 Å². The van der Waals surface area contributed by atoms with Crippen molar-refractivity contribution in [1.82, 2.24) is 20.0 Å². The van der Waals surface area contributed by atoms with Crippen molar-refractivity contribution in [2.24, 2.45) is 5.92 Å². The highest BCUT2D eigenvalue weighted by Gasteiger charge is 2.26. The van der Waals surface area contributed by atoms with Gasteiger partial charge >= 0.3 is 0 Å². The van der Waals surface area contributed by atoms with Crippen LogP contribution in [0.5, 0.6) is 0 Å². The molecular weight excluding hydrogens is 316 g/mol. The molecule has 2 heterocycles. The molecule has 134 valence electrons. The minimum absolute atomic E-state index is 0.00669. The highest BCUT2D eigenvalue weighted by Crippen LogP contribution is 2.21. The van der Waals surface area contributed by atoms with E-state index < -0.39 is 0 Å². The van der Waals surface area contributed by atoms with Gasteiger partial charge in [-0.2, -0.15) is 5.10 Å². The Hall–Kier alpha value is -2.37. The fourth-order valence-electron chi connectivity index (χ4n) is 3.28. The van der Waals surface area contributed by atoms with Gasteiger partial charge in [-0.25, -0.2) is 0 Å². The Morgan fingerprint density at radius 3 is 2.52 bits per heavy atom. The fraction of sp³-hybridized carbons (Fsp3) is 0.526. The second kappa shape index (κ2) is 7.25. The molecule has 0 radical (unpaired) electrons. The van der Waals surface area contributed by atoms with Crippen LogP contribution in [0.15, 0.2) is 18.3 Å². The molecular formula is C19H26N4O2. The number of benzene rings is 1. The van der Waals surface area contributed by atoms with E-state index in [1.54, 1.807) is 6.20 Å². The maximum atomic E-state index is 12.9. The van der Waals surface area contributed by atoms with Crippen LogP contribution in [0.3, 0.4) is 0 Å². The first-order valence-electron chi connectivity index (χ1n) is 8.96. The van der Waals surface area contributed by atoms with E-state index in [2.05, 4.69) is 24.0 Å². The summed E-state index contributed by atoms with van der Waals surface area (Å²) in [5.41, 5.74) is 2.48. The summed E-state index contributed by atoms with van der Waals surface area (Å²) in [4.78, 5) is 28.9. The Labute approximate surface area is 148 Å². The van der Waals surface area contributed by atoms with Crippen molar-refractivity contribution in [2.75, 3.05) is 26.2 Å². The van der Waals surface area contributed by atoms with E-state index >= 15 is 0 Å². The average molecular weight is 342 g/mol. The van der Waals surface area contributed by atoms with Crippen LogP contribution in [0.4, 0.5) is 0 Å². The van der Waals surface area contributed by atoms with Crippen LogP contribution in [-0.4, -0.2) is 58.0 Å². The molecule has 1 fully saturated rings. The number of carbonyl (C=O) groups is 2. The maximum Gasteiger partial charge on any atom is 0.256 e. The second-order valence-corrected chi connectivity index (χ2v) is 7.25. The Morgan fingerprint density at radius 2 is 1.84 bits per heavy atom. The zero-order valence-electron chi connectivity index (χ0n) is 15.2. The number of fused-ring (bicyclic) bond motifs is 1. The summed E-state index contributed by atoms with van der Waals surface area (Å²) in [7, 11) is 0. The summed E-state index contributed by atoms with van der Waals surface area (Å²) >= 11 is 0. The fourth-order valence-corrected chi connectivity index (χ4v) is 3.28. The van der Waals surface area contributed by atoms with Crippen LogP contribution in [-0.2, 0) is 4.79 Å². The smallest absolute Gasteiger partial charge is 0.256 e. The van der Waals surface area contributed by atoms with Crippen molar-refractivity contribution in [3.63, 3.8) is 0 Å². The van der Waals surface area contributed by atoms with Gasteiger partial charge in [0.2, 0.25) is 5.91 Å². The number of rotatable bonds is 4. The Kier molecular flexibility index (Phi) is 5.06. The van der Waals surface area contributed by atoms with E-state index in [0.717, 1.165) is 22.9 Å². The molecule has 1 aliphatic rings. The van der Waals surface area contributed by atoms with Crippen molar-refractivity contribution in [3.8, 4) is 0 Å². The minimum atomic E-state index is 0.00669. The van der Waals surface area contributed by atoms with Crippen molar-refractivity contribution < 1.29 is 9.59 Å². The number of aryl methyl sites for hydroxylation is 1. The monoisotopic (exact) mass is 342 g/mol. The molecule has 2 aromatic rings. The SMILES string of the molecule is Cc1cc(C(=O)N2CCN(C(=O)CCC(C)C)CC2)c2[nH]ncc2c1. The molecule has 1 aromatic carbocycles. The first-order chi connectivity index (χ1) is 12.0. The molecule has 0 atom stereocenters. The van der Waals surface area contributed by atoms with Crippen molar-refractivity contribution in [2.45, 2.75) is 33.6 Å². The number of nitrogens with one attached hydrogen (secondary N) is 1. The van der Waals surface area contributed by atoms with E-state index in [0.29, 0.717) is 44.1 Å². The molecule has 0 unspecified atom stereocenters. The van der Waals surface area contributed by atoms with Gasteiger partial charge in [0.25, 0.3) is 5.91 Å². The number of H-pyrrole nitrogens is 1. The van der Waals surface area contributed by atoms with Gasteiger partial charge in [0.15, 0.2) is 0 Å². The first kappa shape index (κ1) is 17.5. The summed E-state index contributed by atoms with van der Waals surface area (Å²) in [6.07, 6.45) is 3.25. The normalized spacial score (nSPS) is 15.2. The lowest BCUT2D eigenvalue weighted by Crippen LogP contribution is -2.50. The van der Waals surface area contributed by atoms with Crippen molar-refractivity contribution >= 4 is 22.7 Å². The van der Waals surface area contributed by atoms with Crippen LogP contribution in [0.2, 0.25) is 0 Å². The van der Waals surface area contributed by atoms with E-state index in [1.807, 2.05) is 28.9 Å². The summed E-state index contributed by atoms with van der Waals surface area (Å²) in [6, 6.07) is 3.92. The topological polar surface area (TPSA) is 69.3 Å². The Morgan fingerprint density at radius 1 is 1.16 bits per heavy atom. The molecule has 1 saturated heterocycles. The third-order valence-corrected chi connectivity index (χ3v) is 4.78. The molecule has 3 rings (SSSR count). The zero-order chi connectivity index (χ0) is 18.0. The third-order valence-electron chi connectivity index (χ3n) is 4.78. The van der Waals surface area contributed by atoms with Crippen LogP contribution in [0.25, 0.3) is 10.9 Å². The van der Waals surface area contributed by atoms with E-state index in [4.69, 9.17) is 0 Å². The highest BCUT2D eigenvalue weighted by atomic mass is 16.2. The third kappa shape index (κ3) is 3.83. The van der Waals surface area contributed by atoms with Gasteiger partial charge in [-0.3, -0.25) is 14.7 Å². The van der Waals surface area contributed by atoms with Gasteiger partial charge < -0.3 is 9.80 Å². The number of amides is 2. The molecule has 0 spiro atoms. The number of hydrogen-bond donors (Lipinski definition) is 1. The summed E-state index contributed by atoms with van der Waals surface area (Å²) in [5, 5.41) is 7.93. The number of carbonyl (C=O) groups excluding carboxylic acids is 2. The van der Waals surface area contributed by atoms with Crippen LogP contribution < -0.4 is 0 Å². The lowest BCUT2D eigenvalue weighted by Gasteiger charge is -2.35. The molecule has 1 aromatic heterocycles. The largest absolute Gasteiger partial charge is 0.339 e. The van der Waals surface area contributed by atoms with Crippen molar-refractivity contribution in [3.05, 3.63) is 29.5 Å². The number of hydrogen-bond acceptors (Lipinski definition) is 3.